The highest BCUT2D eigenvalue weighted by Gasteiger charge is 2.28. The zero-order valence-electron chi connectivity index (χ0n) is 8.90. The molecule has 0 spiro atoms. The second-order valence-corrected chi connectivity index (χ2v) is 6.51. The Morgan fingerprint density at radius 2 is 1.93 bits per heavy atom. The van der Waals surface area contributed by atoms with Crippen LogP contribution in [0, 0.1) is 0 Å². The van der Waals surface area contributed by atoms with Gasteiger partial charge in [0.2, 0.25) is 10.0 Å². The highest BCUT2D eigenvalue weighted by atomic mass is 32.2. The third kappa shape index (κ3) is 3.70. The van der Waals surface area contributed by atoms with Crippen molar-refractivity contribution in [1.29, 1.82) is 0 Å². The van der Waals surface area contributed by atoms with Gasteiger partial charge in [-0.05, 0) is 19.8 Å². The molecule has 0 aliphatic heterocycles. The summed E-state index contributed by atoms with van der Waals surface area (Å²) in [6.45, 7) is 1.67. The van der Waals surface area contributed by atoms with Gasteiger partial charge in [0.15, 0.2) is 0 Å². The number of sulfonamides is 1. The molecule has 0 aromatic rings. The number of thiocarbonyl (C=S) groups is 1. The van der Waals surface area contributed by atoms with E-state index in [4.69, 9.17) is 18.0 Å². The van der Waals surface area contributed by atoms with E-state index in [2.05, 4.69) is 4.72 Å². The molecule has 88 valence electrons. The Bertz CT molecular complexity index is 321. The van der Waals surface area contributed by atoms with Gasteiger partial charge < -0.3 is 5.73 Å². The fourth-order valence-electron chi connectivity index (χ4n) is 1.78. The number of hydrogen-bond acceptors (Lipinski definition) is 3. The summed E-state index contributed by atoms with van der Waals surface area (Å²) >= 11 is 4.74. The Labute approximate surface area is 96.7 Å². The van der Waals surface area contributed by atoms with Crippen molar-refractivity contribution in [2.45, 2.75) is 50.3 Å². The van der Waals surface area contributed by atoms with E-state index < -0.39 is 16.1 Å². The van der Waals surface area contributed by atoms with E-state index in [1.807, 2.05) is 0 Å². The van der Waals surface area contributed by atoms with Crippen LogP contribution < -0.4 is 10.5 Å². The average molecular weight is 250 g/mol. The molecule has 15 heavy (non-hydrogen) atoms. The quantitative estimate of drug-likeness (QED) is 0.728. The minimum absolute atomic E-state index is 0.189. The minimum Gasteiger partial charge on any atom is -0.392 e. The second kappa shape index (κ2) is 5.23. The standard InChI is InChI=1S/C9H18N2O2S2/c1-7(9(10)14)11-15(12,13)8-5-3-2-4-6-8/h7-8,11H,2-6H2,1H3,(H2,10,14). The number of nitrogens with two attached hydrogens (primary N) is 1. The van der Waals surface area contributed by atoms with Crippen molar-refractivity contribution in [1.82, 2.24) is 4.72 Å². The molecule has 4 nitrogen and oxygen atoms in total. The summed E-state index contributed by atoms with van der Waals surface area (Å²) < 4.78 is 26.3. The van der Waals surface area contributed by atoms with Crippen molar-refractivity contribution in [2.75, 3.05) is 0 Å². The predicted octanol–water partition coefficient (Wildman–Crippen LogP) is 0.913. The zero-order chi connectivity index (χ0) is 11.5. The minimum atomic E-state index is -3.25. The lowest BCUT2D eigenvalue weighted by molar-refractivity contribution is 0.476. The molecule has 1 saturated carbocycles. The van der Waals surface area contributed by atoms with Crippen molar-refractivity contribution < 1.29 is 8.42 Å². The monoisotopic (exact) mass is 250 g/mol. The van der Waals surface area contributed by atoms with E-state index in [1.54, 1.807) is 6.92 Å². The Morgan fingerprint density at radius 3 is 2.40 bits per heavy atom. The van der Waals surface area contributed by atoms with Crippen LogP contribution in [0.25, 0.3) is 0 Å². The van der Waals surface area contributed by atoms with Crippen LogP contribution in [0.4, 0.5) is 0 Å². The first-order chi connectivity index (χ1) is 6.93. The van der Waals surface area contributed by atoms with Crippen molar-refractivity contribution in [3.8, 4) is 0 Å². The van der Waals surface area contributed by atoms with Crippen molar-refractivity contribution in [2.24, 2.45) is 5.73 Å². The summed E-state index contributed by atoms with van der Waals surface area (Å²) in [4.78, 5) is 0.189. The van der Waals surface area contributed by atoms with Gasteiger partial charge in [0.1, 0.15) is 0 Å². The van der Waals surface area contributed by atoms with Crippen LogP contribution in [0.3, 0.4) is 0 Å². The maximum absolute atomic E-state index is 11.9. The van der Waals surface area contributed by atoms with E-state index in [-0.39, 0.29) is 10.2 Å². The van der Waals surface area contributed by atoms with E-state index in [0.717, 1.165) is 32.1 Å². The van der Waals surface area contributed by atoms with Gasteiger partial charge in [0.05, 0.1) is 16.3 Å². The molecule has 1 rings (SSSR count). The van der Waals surface area contributed by atoms with Crippen LogP contribution in [0.2, 0.25) is 0 Å². The van der Waals surface area contributed by atoms with Gasteiger partial charge in [-0.25, -0.2) is 13.1 Å². The van der Waals surface area contributed by atoms with E-state index >= 15 is 0 Å². The number of rotatable bonds is 4. The molecule has 0 bridgehead atoms. The molecule has 0 saturated heterocycles. The summed E-state index contributed by atoms with van der Waals surface area (Å²) in [5.41, 5.74) is 5.38. The molecule has 1 aliphatic rings. The highest BCUT2D eigenvalue weighted by Crippen LogP contribution is 2.23. The summed E-state index contributed by atoms with van der Waals surface area (Å²) in [5, 5.41) is -0.261. The second-order valence-electron chi connectivity index (χ2n) is 4.05. The normalized spacial score (nSPS) is 21.1. The molecule has 0 aromatic carbocycles. The molecule has 1 aliphatic carbocycles. The summed E-state index contributed by atoms with van der Waals surface area (Å²) in [6, 6.07) is -0.452. The third-order valence-corrected chi connectivity index (χ3v) is 5.14. The van der Waals surface area contributed by atoms with Gasteiger partial charge in [-0.3, -0.25) is 0 Å². The maximum atomic E-state index is 11.9. The average Bonchev–Trinajstić information content (AvgIpc) is 2.18. The topological polar surface area (TPSA) is 72.2 Å². The van der Waals surface area contributed by atoms with Crippen LogP contribution in [-0.4, -0.2) is 24.7 Å². The molecule has 0 aromatic heterocycles. The molecule has 0 radical (unpaired) electrons. The van der Waals surface area contributed by atoms with Crippen LogP contribution in [0.1, 0.15) is 39.0 Å². The molecule has 3 N–H and O–H groups in total. The number of hydrogen-bond donors (Lipinski definition) is 2. The van der Waals surface area contributed by atoms with Gasteiger partial charge in [-0.1, -0.05) is 31.5 Å². The first-order valence-corrected chi connectivity index (χ1v) is 7.19. The van der Waals surface area contributed by atoms with Crippen LogP contribution in [-0.2, 0) is 10.0 Å². The van der Waals surface area contributed by atoms with Crippen LogP contribution in [0.15, 0.2) is 0 Å². The van der Waals surface area contributed by atoms with Crippen LogP contribution in [0.5, 0.6) is 0 Å². The smallest absolute Gasteiger partial charge is 0.215 e. The van der Waals surface area contributed by atoms with Gasteiger partial charge in [-0.2, -0.15) is 0 Å². The lowest BCUT2D eigenvalue weighted by atomic mass is 10.0. The largest absolute Gasteiger partial charge is 0.392 e. The first kappa shape index (κ1) is 12.9. The van der Waals surface area contributed by atoms with E-state index in [9.17, 15) is 8.42 Å². The van der Waals surface area contributed by atoms with Crippen LogP contribution >= 0.6 is 12.2 Å². The van der Waals surface area contributed by atoms with E-state index in [1.165, 1.54) is 0 Å². The summed E-state index contributed by atoms with van der Waals surface area (Å²) in [7, 11) is -3.25. The molecule has 1 fully saturated rings. The van der Waals surface area contributed by atoms with Gasteiger partial charge >= 0.3 is 0 Å². The molecule has 0 heterocycles. The Balaban J connectivity index is 2.61. The highest BCUT2D eigenvalue weighted by molar-refractivity contribution is 7.90. The lowest BCUT2D eigenvalue weighted by Gasteiger charge is -2.23. The lowest BCUT2D eigenvalue weighted by Crippen LogP contribution is -2.45. The molecular weight excluding hydrogens is 232 g/mol. The van der Waals surface area contributed by atoms with Gasteiger partial charge in [0, 0.05) is 0 Å². The Kier molecular flexibility index (Phi) is 4.48. The fraction of sp³-hybridized carbons (Fsp3) is 0.889. The molecule has 1 unspecified atom stereocenters. The fourth-order valence-corrected chi connectivity index (χ4v) is 3.68. The Morgan fingerprint density at radius 1 is 1.40 bits per heavy atom. The van der Waals surface area contributed by atoms with Crippen molar-refractivity contribution in [3.63, 3.8) is 0 Å². The van der Waals surface area contributed by atoms with Gasteiger partial charge in [0.25, 0.3) is 0 Å². The summed E-state index contributed by atoms with van der Waals surface area (Å²) in [5.74, 6) is 0. The maximum Gasteiger partial charge on any atom is 0.215 e. The Hall–Kier alpha value is -0.200. The first-order valence-electron chi connectivity index (χ1n) is 5.24. The number of nitrogens with one attached hydrogen (secondary N) is 1. The molecule has 6 heteroatoms. The zero-order valence-corrected chi connectivity index (χ0v) is 10.5. The van der Waals surface area contributed by atoms with Gasteiger partial charge in [-0.15, -0.1) is 0 Å². The molecule has 0 amide bonds. The van der Waals surface area contributed by atoms with Crippen molar-refractivity contribution in [3.05, 3.63) is 0 Å². The van der Waals surface area contributed by atoms with Crippen molar-refractivity contribution >= 4 is 27.2 Å². The van der Waals surface area contributed by atoms with E-state index in [0.29, 0.717) is 0 Å². The molecular formula is C9H18N2O2S2. The molecule has 1 atom stereocenters. The summed E-state index contributed by atoms with van der Waals surface area (Å²) in [6.07, 6.45) is 4.62. The predicted molar refractivity (Wildman–Crippen MR) is 65.2 cm³/mol. The SMILES string of the molecule is CC(NS(=O)(=O)C1CCCCC1)C(N)=S. The third-order valence-electron chi connectivity index (χ3n) is 2.76.